The molecule has 0 spiro atoms. The van der Waals surface area contributed by atoms with Crippen LogP contribution in [0.15, 0.2) is 42.7 Å². The molecule has 0 aliphatic rings. The van der Waals surface area contributed by atoms with Crippen molar-refractivity contribution in [3.63, 3.8) is 0 Å². The lowest BCUT2D eigenvalue weighted by atomic mass is 10.3. The number of rotatable bonds is 2. The molecule has 16 heavy (non-hydrogen) atoms. The van der Waals surface area contributed by atoms with Crippen LogP contribution in [0, 0.1) is 0 Å². The molecular weight excluding hydrogens is 200 g/mol. The highest BCUT2D eigenvalue weighted by Gasteiger charge is 2.03. The first-order valence-corrected chi connectivity index (χ1v) is 5.11. The number of fused-ring (bicyclic) bond motifs is 1. The molecule has 3 heterocycles. The van der Waals surface area contributed by atoms with Crippen molar-refractivity contribution in [1.29, 1.82) is 0 Å². The maximum absolute atomic E-state index is 4.40. The van der Waals surface area contributed by atoms with Crippen LogP contribution in [-0.4, -0.2) is 19.9 Å². The molecule has 0 saturated heterocycles. The number of pyridine rings is 2. The zero-order valence-electron chi connectivity index (χ0n) is 8.59. The minimum absolute atomic E-state index is 0.706. The number of nitrogens with one attached hydrogen (secondary N) is 1. The van der Waals surface area contributed by atoms with E-state index < -0.39 is 0 Å². The Morgan fingerprint density at radius 3 is 2.75 bits per heavy atom. The molecule has 4 nitrogen and oxygen atoms in total. The van der Waals surface area contributed by atoms with E-state index in [-0.39, 0.29) is 0 Å². The molecule has 0 radical (unpaired) electrons. The van der Waals surface area contributed by atoms with E-state index in [0.717, 1.165) is 22.7 Å². The van der Waals surface area contributed by atoms with Gasteiger partial charge in [-0.1, -0.05) is 6.07 Å². The normalized spacial score (nSPS) is 10.8. The molecule has 0 aromatic carbocycles. The number of hydrogen-bond donors (Lipinski definition) is 1. The number of nitrogens with zero attached hydrogens (tertiary/aromatic N) is 3. The summed E-state index contributed by atoms with van der Waals surface area (Å²) in [7, 11) is 0. The Labute approximate surface area is 92.4 Å². The van der Waals surface area contributed by atoms with E-state index in [2.05, 4.69) is 19.9 Å². The summed E-state index contributed by atoms with van der Waals surface area (Å²) < 4.78 is 0. The lowest BCUT2D eigenvalue weighted by Gasteiger charge is -1.94. The molecule has 0 aliphatic carbocycles. The van der Waals surface area contributed by atoms with Crippen molar-refractivity contribution in [2.75, 3.05) is 0 Å². The predicted octanol–water partition coefficient (Wildman–Crippen LogP) is 1.94. The van der Waals surface area contributed by atoms with Crippen molar-refractivity contribution in [2.45, 2.75) is 6.42 Å². The number of hydrogen-bond acceptors (Lipinski definition) is 3. The van der Waals surface area contributed by atoms with Crippen LogP contribution in [0.2, 0.25) is 0 Å². The van der Waals surface area contributed by atoms with Gasteiger partial charge in [0, 0.05) is 24.5 Å². The summed E-state index contributed by atoms with van der Waals surface area (Å²) >= 11 is 0. The first kappa shape index (κ1) is 9.03. The average Bonchev–Trinajstić information content (AvgIpc) is 2.72. The minimum Gasteiger partial charge on any atom is -0.340 e. The Morgan fingerprint density at radius 2 is 1.94 bits per heavy atom. The van der Waals surface area contributed by atoms with Gasteiger partial charge in [-0.3, -0.25) is 4.98 Å². The van der Waals surface area contributed by atoms with Crippen LogP contribution in [0.4, 0.5) is 0 Å². The fourth-order valence-corrected chi connectivity index (χ4v) is 1.65. The van der Waals surface area contributed by atoms with Crippen molar-refractivity contribution >= 4 is 11.2 Å². The maximum atomic E-state index is 4.40. The first-order valence-electron chi connectivity index (χ1n) is 5.11. The van der Waals surface area contributed by atoms with E-state index in [1.165, 1.54) is 0 Å². The topological polar surface area (TPSA) is 54.5 Å². The number of aromatic nitrogens is 4. The number of aromatic amines is 1. The quantitative estimate of drug-likeness (QED) is 0.703. The van der Waals surface area contributed by atoms with Gasteiger partial charge in [0.2, 0.25) is 0 Å². The third-order valence-electron chi connectivity index (χ3n) is 2.38. The van der Waals surface area contributed by atoms with E-state index in [4.69, 9.17) is 0 Å². The molecule has 0 saturated carbocycles. The lowest BCUT2D eigenvalue weighted by Crippen LogP contribution is -1.92. The molecule has 78 valence electrons. The third-order valence-corrected chi connectivity index (χ3v) is 2.38. The molecule has 4 heteroatoms. The zero-order chi connectivity index (χ0) is 10.8. The molecule has 3 rings (SSSR count). The second-order valence-electron chi connectivity index (χ2n) is 3.56. The Bertz CT molecular complexity index is 567. The van der Waals surface area contributed by atoms with E-state index in [1.54, 1.807) is 12.4 Å². The van der Waals surface area contributed by atoms with Crippen molar-refractivity contribution in [3.8, 4) is 0 Å². The maximum Gasteiger partial charge on any atom is 0.177 e. The molecule has 0 amide bonds. The van der Waals surface area contributed by atoms with Crippen LogP contribution >= 0.6 is 0 Å². The Kier molecular flexibility index (Phi) is 2.11. The van der Waals surface area contributed by atoms with E-state index in [0.29, 0.717) is 6.42 Å². The summed E-state index contributed by atoms with van der Waals surface area (Å²) in [6.45, 7) is 0. The van der Waals surface area contributed by atoms with Gasteiger partial charge in [-0.05, 0) is 24.3 Å². The van der Waals surface area contributed by atoms with Gasteiger partial charge in [-0.25, -0.2) is 9.97 Å². The average molecular weight is 210 g/mol. The Balaban J connectivity index is 1.95. The summed E-state index contributed by atoms with van der Waals surface area (Å²) in [6.07, 6.45) is 4.24. The van der Waals surface area contributed by atoms with E-state index in [1.807, 2.05) is 30.3 Å². The van der Waals surface area contributed by atoms with Crippen molar-refractivity contribution in [3.05, 3.63) is 54.2 Å². The van der Waals surface area contributed by atoms with E-state index in [9.17, 15) is 0 Å². The number of imidazole rings is 1. The Morgan fingerprint density at radius 1 is 1.00 bits per heavy atom. The highest BCUT2D eigenvalue weighted by molar-refractivity contribution is 5.69. The fourth-order valence-electron chi connectivity index (χ4n) is 1.65. The molecule has 0 unspecified atom stereocenters. The summed E-state index contributed by atoms with van der Waals surface area (Å²) in [6, 6.07) is 9.73. The summed E-state index contributed by atoms with van der Waals surface area (Å²) in [5.74, 6) is 0.896. The van der Waals surface area contributed by atoms with Gasteiger partial charge in [0.1, 0.15) is 5.82 Å². The summed E-state index contributed by atoms with van der Waals surface area (Å²) in [5.41, 5.74) is 2.73. The predicted molar refractivity (Wildman–Crippen MR) is 60.9 cm³/mol. The molecule has 3 aromatic rings. The summed E-state index contributed by atoms with van der Waals surface area (Å²) in [5, 5.41) is 0. The van der Waals surface area contributed by atoms with E-state index >= 15 is 0 Å². The first-order chi connectivity index (χ1) is 7.92. The zero-order valence-corrected chi connectivity index (χ0v) is 8.59. The fraction of sp³-hybridized carbons (Fsp3) is 0.0833. The van der Waals surface area contributed by atoms with Gasteiger partial charge in [0.25, 0.3) is 0 Å². The molecule has 0 bridgehead atoms. The molecule has 0 aliphatic heterocycles. The standard InChI is InChI=1S/C12H10N4/c1-2-6-13-9(4-1)8-11-15-10-5-3-7-14-12(10)16-11/h1-7H,8H2,(H,14,15,16). The Hall–Kier alpha value is -2.23. The van der Waals surface area contributed by atoms with Crippen molar-refractivity contribution < 1.29 is 0 Å². The van der Waals surface area contributed by atoms with Gasteiger partial charge in [0.05, 0.1) is 5.52 Å². The van der Waals surface area contributed by atoms with Gasteiger partial charge in [0.15, 0.2) is 5.65 Å². The lowest BCUT2D eigenvalue weighted by molar-refractivity contribution is 0.983. The largest absolute Gasteiger partial charge is 0.340 e. The molecule has 0 atom stereocenters. The monoisotopic (exact) mass is 210 g/mol. The van der Waals surface area contributed by atoms with Crippen LogP contribution in [0.5, 0.6) is 0 Å². The van der Waals surface area contributed by atoms with Crippen LogP contribution in [0.25, 0.3) is 11.2 Å². The van der Waals surface area contributed by atoms with Crippen molar-refractivity contribution in [2.24, 2.45) is 0 Å². The van der Waals surface area contributed by atoms with Crippen LogP contribution in [0.1, 0.15) is 11.5 Å². The highest BCUT2D eigenvalue weighted by atomic mass is 15.0. The van der Waals surface area contributed by atoms with Crippen LogP contribution < -0.4 is 0 Å². The number of H-pyrrole nitrogens is 1. The smallest absolute Gasteiger partial charge is 0.177 e. The second kappa shape index (κ2) is 3.73. The molecule has 0 fully saturated rings. The van der Waals surface area contributed by atoms with Gasteiger partial charge in [-0.2, -0.15) is 0 Å². The minimum atomic E-state index is 0.706. The highest BCUT2D eigenvalue weighted by Crippen LogP contribution is 2.09. The molecular formula is C12H10N4. The summed E-state index contributed by atoms with van der Waals surface area (Å²) in [4.78, 5) is 16.1. The third kappa shape index (κ3) is 1.65. The SMILES string of the molecule is c1ccc(Cc2nc3ncccc3[nH]2)nc1. The van der Waals surface area contributed by atoms with Gasteiger partial charge < -0.3 is 4.98 Å². The molecule has 1 N–H and O–H groups in total. The van der Waals surface area contributed by atoms with Crippen LogP contribution in [0.3, 0.4) is 0 Å². The van der Waals surface area contributed by atoms with Gasteiger partial charge >= 0.3 is 0 Å². The van der Waals surface area contributed by atoms with Gasteiger partial charge in [-0.15, -0.1) is 0 Å². The second-order valence-corrected chi connectivity index (χ2v) is 3.56. The van der Waals surface area contributed by atoms with Crippen LogP contribution in [-0.2, 0) is 6.42 Å². The molecule has 3 aromatic heterocycles. The van der Waals surface area contributed by atoms with Crippen molar-refractivity contribution in [1.82, 2.24) is 19.9 Å².